The van der Waals surface area contributed by atoms with Crippen LogP contribution in [0.25, 0.3) is 0 Å². The summed E-state index contributed by atoms with van der Waals surface area (Å²) in [5.74, 6) is -0.849. The maximum atomic E-state index is 11.1. The van der Waals surface area contributed by atoms with Gasteiger partial charge in [0.05, 0.1) is 13.1 Å². The summed E-state index contributed by atoms with van der Waals surface area (Å²) in [6.07, 6.45) is 0.468. The number of nitrogens with one attached hydrogen (secondary N) is 2. The zero-order valence-electron chi connectivity index (χ0n) is 10.9. The summed E-state index contributed by atoms with van der Waals surface area (Å²) >= 11 is 0. The number of alkyl carbamates (subject to hydrolysis) is 1. The van der Waals surface area contributed by atoms with Gasteiger partial charge in [0.15, 0.2) is 0 Å². The largest absolute Gasteiger partial charge is 0.460 e. The van der Waals surface area contributed by atoms with Gasteiger partial charge in [0.25, 0.3) is 0 Å². The van der Waals surface area contributed by atoms with Crippen molar-refractivity contribution >= 4 is 18.0 Å². The maximum Gasteiger partial charge on any atom is 0.407 e. The Labute approximate surface area is 111 Å². The molecule has 0 heterocycles. The first-order chi connectivity index (χ1) is 8.97. The van der Waals surface area contributed by atoms with Crippen molar-refractivity contribution in [1.82, 2.24) is 10.6 Å². The molecule has 0 aromatic heterocycles. The van der Waals surface area contributed by atoms with Crippen LogP contribution in [0.4, 0.5) is 4.79 Å². The van der Waals surface area contributed by atoms with Crippen LogP contribution in [-0.4, -0.2) is 44.3 Å². The van der Waals surface area contributed by atoms with E-state index in [9.17, 15) is 14.4 Å². The van der Waals surface area contributed by atoms with Crippen molar-refractivity contribution in [3.05, 3.63) is 24.8 Å². The molecule has 106 valence electrons. The quantitative estimate of drug-likeness (QED) is 0.371. The van der Waals surface area contributed by atoms with Gasteiger partial charge in [0.2, 0.25) is 5.91 Å². The SMILES string of the molecule is C=CC(=O)NCCOC(=O)NCCOC(=O)C(=C)C. The van der Waals surface area contributed by atoms with Gasteiger partial charge in [-0.1, -0.05) is 13.2 Å². The zero-order valence-corrected chi connectivity index (χ0v) is 10.9. The highest BCUT2D eigenvalue weighted by atomic mass is 16.6. The number of hydrogen-bond donors (Lipinski definition) is 2. The molecule has 0 aromatic rings. The van der Waals surface area contributed by atoms with Gasteiger partial charge in [-0.2, -0.15) is 0 Å². The molecule has 0 aromatic carbocycles. The van der Waals surface area contributed by atoms with Crippen LogP contribution in [0.15, 0.2) is 24.8 Å². The lowest BCUT2D eigenvalue weighted by molar-refractivity contribution is -0.138. The standard InChI is InChI=1S/C12H18N2O5/c1-4-10(15)13-5-8-19-12(17)14-6-7-18-11(16)9(2)3/h4H,1-2,5-8H2,3H3,(H,13,15)(H,14,17). The van der Waals surface area contributed by atoms with E-state index in [2.05, 4.69) is 23.8 Å². The number of esters is 1. The van der Waals surface area contributed by atoms with Crippen LogP contribution in [0.5, 0.6) is 0 Å². The Morgan fingerprint density at radius 1 is 1.11 bits per heavy atom. The first kappa shape index (κ1) is 16.7. The molecule has 7 heteroatoms. The minimum atomic E-state index is -0.653. The molecule has 0 aliphatic heterocycles. The number of carbonyl (C=O) groups is 3. The van der Waals surface area contributed by atoms with E-state index in [-0.39, 0.29) is 32.2 Å². The van der Waals surface area contributed by atoms with Crippen LogP contribution in [0.3, 0.4) is 0 Å². The number of ether oxygens (including phenoxy) is 2. The first-order valence-electron chi connectivity index (χ1n) is 5.61. The van der Waals surface area contributed by atoms with Crippen LogP contribution in [0.2, 0.25) is 0 Å². The Balaban J connectivity index is 3.50. The van der Waals surface area contributed by atoms with Crippen LogP contribution in [-0.2, 0) is 19.1 Å². The summed E-state index contributed by atoms with van der Waals surface area (Å²) in [6.45, 7) is 8.62. The third-order valence-electron chi connectivity index (χ3n) is 1.77. The van der Waals surface area contributed by atoms with Crippen LogP contribution < -0.4 is 10.6 Å². The molecular weight excluding hydrogens is 252 g/mol. The molecule has 2 N–H and O–H groups in total. The van der Waals surface area contributed by atoms with Gasteiger partial charge in [0.1, 0.15) is 13.2 Å². The highest BCUT2D eigenvalue weighted by Gasteiger charge is 2.04. The predicted molar refractivity (Wildman–Crippen MR) is 68.3 cm³/mol. The smallest absolute Gasteiger partial charge is 0.407 e. The molecule has 0 rings (SSSR count). The summed E-state index contributed by atoms with van der Waals surface area (Å²) < 4.78 is 9.48. The van der Waals surface area contributed by atoms with Crippen LogP contribution in [0.1, 0.15) is 6.92 Å². The van der Waals surface area contributed by atoms with E-state index < -0.39 is 12.1 Å². The third-order valence-corrected chi connectivity index (χ3v) is 1.77. The molecule has 0 radical (unpaired) electrons. The summed E-state index contributed by atoms with van der Waals surface area (Å²) in [5, 5.41) is 4.82. The fraction of sp³-hybridized carbons (Fsp3) is 0.417. The molecule has 0 atom stereocenters. The van der Waals surface area contributed by atoms with Crippen molar-refractivity contribution in [3.63, 3.8) is 0 Å². The fourth-order valence-corrected chi connectivity index (χ4v) is 0.861. The Kier molecular flexibility index (Phi) is 8.51. The van der Waals surface area contributed by atoms with Crippen LogP contribution in [0, 0.1) is 0 Å². The molecule has 0 fully saturated rings. The molecule has 0 bridgehead atoms. The number of hydrogen-bond acceptors (Lipinski definition) is 5. The van der Waals surface area contributed by atoms with Gasteiger partial charge in [-0.05, 0) is 13.0 Å². The summed E-state index contributed by atoms with van der Waals surface area (Å²) in [7, 11) is 0. The topological polar surface area (TPSA) is 93.7 Å². The van der Waals surface area contributed by atoms with Gasteiger partial charge in [-0.3, -0.25) is 4.79 Å². The molecule has 0 saturated heterocycles. The van der Waals surface area contributed by atoms with Gasteiger partial charge < -0.3 is 20.1 Å². The lowest BCUT2D eigenvalue weighted by Crippen LogP contribution is -2.32. The van der Waals surface area contributed by atoms with Crippen molar-refractivity contribution < 1.29 is 23.9 Å². The van der Waals surface area contributed by atoms with Gasteiger partial charge in [-0.15, -0.1) is 0 Å². The molecule has 0 aliphatic carbocycles. The monoisotopic (exact) mass is 270 g/mol. The van der Waals surface area contributed by atoms with Crippen molar-refractivity contribution in [2.24, 2.45) is 0 Å². The Morgan fingerprint density at radius 2 is 1.68 bits per heavy atom. The average Bonchev–Trinajstić information content (AvgIpc) is 2.38. The summed E-state index contributed by atoms with van der Waals surface area (Å²) in [4.78, 5) is 32.8. The van der Waals surface area contributed by atoms with E-state index >= 15 is 0 Å². The number of amides is 2. The minimum absolute atomic E-state index is 0.0357. The minimum Gasteiger partial charge on any atom is -0.460 e. The molecule has 0 saturated carbocycles. The Bertz CT molecular complexity index is 365. The van der Waals surface area contributed by atoms with E-state index in [1.165, 1.54) is 6.92 Å². The van der Waals surface area contributed by atoms with Crippen molar-refractivity contribution in [3.8, 4) is 0 Å². The number of carbonyl (C=O) groups excluding carboxylic acids is 3. The Hall–Kier alpha value is -2.31. The predicted octanol–water partition coefficient (Wildman–Crippen LogP) is 0.134. The second-order valence-electron chi connectivity index (χ2n) is 3.47. The molecule has 19 heavy (non-hydrogen) atoms. The first-order valence-corrected chi connectivity index (χ1v) is 5.61. The molecular formula is C12H18N2O5. The summed E-state index contributed by atoms with van der Waals surface area (Å²) in [6, 6.07) is 0. The zero-order chi connectivity index (χ0) is 14.7. The van der Waals surface area contributed by atoms with Crippen LogP contribution >= 0.6 is 0 Å². The summed E-state index contributed by atoms with van der Waals surface area (Å²) in [5.41, 5.74) is 0.292. The van der Waals surface area contributed by atoms with Gasteiger partial charge >= 0.3 is 12.1 Å². The molecule has 2 amide bonds. The lowest BCUT2D eigenvalue weighted by atomic mass is 10.4. The normalized spacial score (nSPS) is 9.11. The van der Waals surface area contributed by atoms with Gasteiger partial charge in [-0.25, -0.2) is 9.59 Å². The van der Waals surface area contributed by atoms with E-state index in [1.54, 1.807) is 0 Å². The highest BCUT2D eigenvalue weighted by molar-refractivity contribution is 5.87. The third kappa shape index (κ3) is 9.40. The lowest BCUT2D eigenvalue weighted by Gasteiger charge is -2.08. The number of rotatable bonds is 8. The highest BCUT2D eigenvalue weighted by Crippen LogP contribution is 1.90. The van der Waals surface area contributed by atoms with Gasteiger partial charge in [0, 0.05) is 5.57 Å². The van der Waals surface area contributed by atoms with E-state index in [4.69, 9.17) is 9.47 Å². The Morgan fingerprint density at radius 3 is 2.26 bits per heavy atom. The van der Waals surface area contributed by atoms with Crippen molar-refractivity contribution in [2.45, 2.75) is 6.92 Å². The average molecular weight is 270 g/mol. The van der Waals surface area contributed by atoms with E-state index in [0.29, 0.717) is 5.57 Å². The van der Waals surface area contributed by atoms with Crippen molar-refractivity contribution in [2.75, 3.05) is 26.3 Å². The van der Waals surface area contributed by atoms with Crippen molar-refractivity contribution in [1.29, 1.82) is 0 Å². The second-order valence-corrected chi connectivity index (χ2v) is 3.47. The van der Waals surface area contributed by atoms with E-state index in [1.807, 2.05) is 0 Å². The molecule has 0 aliphatic rings. The molecule has 0 unspecified atom stereocenters. The fourth-order valence-electron chi connectivity index (χ4n) is 0.861. The maximum absolute atomic E-state index is 11.1. The second kappa shape index (κ2) is 9.69. The molecule has 0 spiro atoms. The van der Waals surface area contributed by atoms with E-state index in [0.717, 1.165) is 6.08 Å². The molecule has 7 nitrogen and oxygen atoms in total.